The molecule has 1 aliphatic heterocycles. The van der Waals surface area contributed by atoms with Crippen LogP contribution in [0, 0.1) is 0 Å². The Morgan fingerprint density at radius 1 is 1.39 bits per heavy atom. The molecule has 2 heteroatoms. The molecular formula is C16H23NO. The van der Waals surface area contributed by atoms with Crippen molar-refractivity contribution in [2.24, 2.45) is 0 Å². The van der Waals surface area contributed by atoms with E-state index in [0.29, 0.717) is 6.04 Å². The van der Waals surface area contributed by atoms with E-state index in [0.717, 1.165) is 25.9 Å². The standard InChI is InChI=1S/C16H23NO/c1-2-3-10-15(18)13-17-12-7-11-16(17)14-8-5-4-6-9-14/h2,4-6,8-9,15-16,18H,1,3,7,10-13H2. The number of β-amino-alcohol motifs (C(OH)–C–C–N with tert-alkyl or cyclic N) is 1. The van der Waals surface area contributed by atoms with Gasteiger partial charge in [-0.15, -0.1) is 6.58 Å². The fourth-order valence-electron chi connectivity index (χ4n) is 2.77. The monoisotopic (exact) mass is 245 g/mol. The van der Waals surface area contributed by atoms with E-state index in [9.17, 15) is 5.11 Å². The molecule has 1 N–H and O–H groups in total. The first-order valence-electron chi connectivity index (χ1n) is 6.89. The van der Waals surface area contributed by atoms with Gasteiger partial charge >= 0.3 is 0 Å². The van der Waals surface area contributed by atoms with Crippen molar-refractivity contribution in [1.82, 2.24) is 4.90 Å². The Labute approximate surface area is 110 Å². The quantitative estimate of drug-likeness (QED) is 0.778. The van der Waals surface area contributed by atoms with E-state index in [4.69, 9.17) is 0 Å². The molecule has 2 rings (SSSR count). The van der Waals surface area contributed by atoms with Gasteiger partial charge < -0.3 is 5.11 Å². The maximum absolute atomic E-state index is 10.0. The zero-order valence-electron chi connectivity index (χ0n) is 11.0. The summed E-state index contributed by atoms with van der Waals surface area (Å²) < 4.78 is 0. The maximum Gasteiger partial charge on any atom is 0.0670 e. The first-order valence-corrected chi connectivity index (χ1v) is 6.89. The Hall–Kier alpha value is -1.12. The summed E-state index contributed by atoms with van der Waals surface area (Å²) in [5.41, 5.74) is 1.38. The zero-order chi connectivity index (χ0) is 12.8. The summed E-state index contributed by atoms with van der Waals surface area (Å²) in [4.78, 5) is 2.42. The Kier molecular flexibility index (Phi) is 4.97. The predicted octanol–water partition coefficient (Wildman–Crippen LogP) is 3.15. The van der Waals surface area contributed by atoms with Crippen LogP contribution in [-0.4, -0.2) is 29.2 Å². The number of benzene rings is 1. The van der Waals surface area contributed by atoms with Crippen molar-refractivity contribution in [3.05, 3.63) is 48.6 Å². The molecule has 1 aliphatic rings. The lowest BCUT2D eigenvalue weighted by atomic mass is 10.0. The molecule has 0 bridgehead atoms. The van der Waals surface area contributed by atoms with Crippen LogP contribution in [0.15, 0.2) is 43.0 Å². The first-order chi connectivity index (χ1) is 8.81. The molecule has 18 heavy (non-hydrogen) atoms. The molecule has 1 aromatic carbocycles. The van der Waals surface area contributed by atoms with E-state index in [1.807, 2.05) is 6.08 Å². The Balaban J connectivity index is 1.93. The third-order valence-corrected chi connectivity index (χ3v) is 3.70. The van der Waals surface area contributed by atoms with Crippen molar-refractivity contribution in [2.75, 3.05) is 13.1 Å². The summed E-state index contributed by atoms with van der Waals surface area (Å²) in [5.74, 6) is 0. The van der Waals surface area contributed by atoms with Crippen LogP contribution in [0.3, 0.4) is 0 Å². The highest BCUT2D eigenvalue weighted by Crippen LogP contribution is 2.31. The fraction of sp³-hybridized carbons (Fsp3) is 0.500. The zero-order valence-corrected chi connectivity index (χ0v) is 11.0. The van der Waals surface area contributed by atoms with Crippen LogP contribution in [0.25, 0.3) is 0 Å². The molecule has 0 aliphatic carbocycles. The summed E-state index contributed by atoms with van der Waals surface area (Å²) in [6.45, 7) is 5.59. The number of aliphatic hydroxyl groups is 1. The van der Waals surface area contributed by atoms with E-state index >= 15 is 0 Å². The van der Waals surface area contributed by atoms with Crippen LogP contribution in [0.2, 0.25) is 0 Å². The van der Waals surface area contributed by atoms with Crippen LogP contribution in [-0.2, 0) is 0 Å². The van der Waals surface area contributed by atoms with E-state index < -0.39 is 0 Å². The number of nitrogens with zero attached hydrogens (tertiary/aromatic N) is 1. The fourth-order valence-corrected chi connectivity index (χ4v) is 2.77. The number of likely N-dealkylation sites (tertiary alicyclic amines) is 1. The predicted molar refractivity (Wildman–Crippen MR) is 75.4 cm³/mol. The highest BCUT2D eigenvalue weighted by Gasteiger charge is 2.26. The van der Waals surface area contributed by atoms with E-state index in [-0.39, 0.29) is 6.10 Å². The minimum Gasteiger partial charge on any atom is -0.392 e. The molecule has 1 saturated heterocycles. The third-order valence-electron chi connectivity index (χ3n) is 3.70. The average molecular weight is 245 g/mol. The minimum absolute atomic E-state index is 0.229. The van der Waals surface area contributed by atoms with Crippen molar-refractivity contribution >= 4 is 0 Å². The smallest absolute Gasteiger partial charge is 0.0670 e. The summed E-state index contributed by atoms with van der Waals surface area (Å²) >= 11 is 0. The molecular weight excluding hydrogens is 222 g/mol. The third kappa shape index (κ3) is 3.44. The van der Waals surface area contributed by atoms with Crippen LogP contribution < -0.4 is 0 Å². The summed E-state index contributed by atoms with van der Waals surface area (Å²) in [7, 11) is 0. The van der Waals surface area contributed by atoms with Gasteiger partial charge in [-0.2, -0.15) is 0 Å². The molecule has 98 valence electrons. The van der Waals surface area contributed by atoms with Crippen LogP contribution in [0.5, 0.6) is 0 Å². The Morgan fingerprint density at radius 3 is 2.89 bits per heavy atom. The Morgan fingerprint density at radius 2 is 2.17 bits per heavy atom. The molecule has 2 atom stereocenters. The van der Waals surface area contributed by atoms with Crippen molar-refractivity contribution in [1.29, 1.82) is 0 Å². The topological polar surface area (TPSA) is 23.5 Å². The second-order valence-corrected chi connectivity index (χ2v) is 5.08. The Bertz CT molecular complexity index is 363. The van der Waals surface area contributed by atoms with E-state index in [1.54, 1.807) is 0 Å². The number of hydrogen-bond acceptors (Lipinski definition) is 2. The summed E-state index contributed by atoms with van der Waals surface area (Å²) in [6.07, 6.45) is 5.80. The summed E-state index contributed by atoms with van der Waals surface area (Å²) in [5, 5.41) is 10.0. The lowest BCUT2D eigenvalue weighted by molar-refractivity contribution is 0.0996. The maximum atomic E-state index is 10.0. The van der Waals surface area contributed by atoms with Gasteiger partial charge in [0.1, 0.15) is 0 Å². The highest BCUT2D eigenvalue weighted by molar-refractivity contribution is 5.20. The largest absolute Gasteiger partial charge is 0.392 e. The number of allylic oxidation sites excluding steroid dienone is 1. The second kappa shape index (κ2) is 6.72. The molecule has 1 fully saturated rings. The minimum atomic E-state index is -0.229. The van der Waals surface area contributed by atoms with Gasteiger partial charge in [0.15, 0.2) is 0 Å². The van der Waals surface area contributed by atoms with E-state index in [2.05, 4.69) is 41.8 Å². The molecule has 1 heterocycles. The molecule has 1 aromatic rings. The first kappa shape index (κ1) is 13.3. The number of hydrogen-bond donors (Lipinski definition) is 1. The number of aliphatic hydroxyl groups excluding tert-OH is 1. The lowest BCUT2D eigenvalue weighted by Gasteiger charge is -2.27. The van der Waals surface area contributed by atoms with E-state index in [1.165, 1.54) is 18.4 Å². The highest BCUT2D eigenvalue weighted by atomic mass is 16.3. The molecule has 0 saturated carbocycles. The average Bonchev–Trinajstić information content (AvgIpc) is 2.85. The lowest BCUT2D eigenvalue weighted by Crippen LogP contribution is -2.32. The van der Waals surface area contributed by atoms with Crippen molar-refractivity contribution in [3.8, 4) is 0 Å². The van der Waals surface area contributed by atoms with Gasteiger partial charge in [0, 0.05) is 12.6 Å². The van der Waals surface area contributed by atoms with Gasteiger partial charge in [-0.1, -0.05) is 36.4 Å². The van der Waals surface area contributed by atoms with Crippen molar-refractivity contribution in [3.63, 3.8) is 0 Å². The van der Waals surface area contributed by atoms with Gasteiger partial charge in [-0.05, 0) is 37.8 Å². The van der Waals surface area contributed by atoms with Gasteiger partial charge in [0.05, 0.1) is 6.10 Å². The van der Waals surface area contributed by atoms with Crippen LogP contribution in [0.4, 0.5) is 0 Å². The van der Waals surface area contributed by atoms with Gasteiger partial charge in [-0.3, -0.25) is 4.90 Å². The normalized spacial score (nSPS) is 21.9. The molecule has 0 aromatic heterocycles. The molecule has 0 radical (unpaired) electrons. The van der Waals surface area contributed by atoms with Crippen molar-refractivity contribution in [2.45, 2.75) is 37.8 Å². The van der Waals surface area contributed by atoms with Crippen molar-refractivity contribution < 1.29 is 5.11 Å². The molecule has 2 nitrogen and oxygen atoms in total. The molecule has 0 amide bonds. The number of rotatable bonds is 6. The van der Waals surface area contributed by atoms with Crippen LogP contribution in [0.1, 0.15) is 37.3 Å². The molecule has 0 spiro atoms. The van der Waals surface area contributed by atoms with Gasteiger partial charge in [0.2, 0.25) is 0 Å². The second-order valence-electron chi connectivity index (χ2n) is 5.08. The van der Waals surface area contributed by atoms with Crippen LogP contribution >= 0.6 is 0 Å². The SMILES string of the molecule is C=CCCC(O)CN1CCCC1c1ccccc1. The van der Waals surface area contributed by atoms with Gasteiger partial charge in [-0.25, -0.2) is 0 Å². The van der Waals surface area contributed by atoms with Gasteiger partial charge in [0.25, 0.3) is 0 Å². The molecule has 2 unspecified atom stereocenters. The summed E-state index contributed by atoms with van der Waals surface area (Å²) in [6, 6.07) is 11.1.